The van der Waals surface area contributed by atoms with E-state index in [1.807, 2.05) is 12.2 Å². The van der Waals surface area contributed by atoms with Crippen LogP contribution in [-0.2, 0) is 0 Å². The van der Waals surface area contributed by atoms with E-state index in [0.717, 1.165) is 24.3 Å². The third-order valence-electron chi connectivity index (χ3n) is 2.08. The van der Waals surface area contributed by atoms with Crippen LogP contribution in [0.2, 0.25) is 0 Å². The molecule has 1 aliphatic carbocycles. The van der Waals surface area contributed by atoms with Crippen LogP contribution in [0, 0.1) is 0 Å². The average Bonchev–Trinajstić information content (AvgIpc) is 2.01. The smallest absolute Gasteiger partial charge is 0.0677 e. The van der Waals surface area contributed by atoms with Crippen LogP contribution in [-0.4, -0.2) is 4.87 Å². The van der Waals surface area contributed by atoms with Gasteiger partial charge in [0.05, 0.1) is 4.87 Å². The Kier molecular flexibility index (Phi) is 3.67. The van der Waals surface area contributed by atoms with Crippen LogP contribution in [0.3, 0.4) is 0 Å². The van der Waals surface area contributed by atoms with Crippen LogP contribution in [0.5, 0.6) is 0 Å². The molecule has 0 heterocycles. The molecule has 1 unspecified atom stereocenters. The van der Waals surface area contributed by atoms with Crippen molar-refractivity contribution in [3.8, 4) is 0 Å². The molecule has 0 aromatic heterocycles. The highest BCUT2D eigenvalue weighted by atomic mass is 35.5. The van der Waals surface area contributed by atoms with Crippen LogP contribution in [0.4, 0.5) is 0 Å². The monoisotopic (exact) mass is 204 g/mol. The molecule has 0 saturated carbocycles. The highest BCUT2D eigenvalue weighted by Gasteiger charge is 2.25. The zero-order valence-electron chi connectivity index (χ0n) is 7.32. The van der Waals surface area contributed by atoms with Gasteiger partial charge < -0.3 is 0 Å². The van der Waals surface area contributed by atoms with Gasteiger partial charge in [0.1, 0.15) is 0 Å². The number of rotatable bonds is 3. The summed E-state index contributed by atoms with van der Waals surface area (Å²) in [4.78, 5) is -0.207. The SMILES string of the molecule is CCCCC1(Cl)C=CC=C(Cl)C1. The third kappa shape index (κ3) is 2.84. The summed E-state index contributed by atoms with van der Waals surface area (Å²) in [5.41, 5.74) is 0. The van der Waals surface area contributed by atoms with Crippen LogP contribution in [0.25, 0.3) is 0 Å². The fraction of sp³-hybridized carbons (Fsp3) is 0.600. The van der Waals surface area contributed by atoms with E-state index < -0.39 is 0 Å². The first-order chi connectivity index (χ1) is 5.66. The molecule has 2 heteroatoms. The van der Waals surface area contributed by atoms with Gasteiger partial charge in [-0.2, -0.15) is 0 Å². The van der Waals surface area contributed by atoms with Gasteiger partial charge in [0.25, 0.3) is 0 Å². The predicted octanol–water partition coefficient (Wildman–Crippen LogP) is 4.24. The maximum atomic E-state index is 6.34. The molecule has 1 aliphatic rings. The summed E-state index contributed by atoms with van der Waals surface area (Å²) in [7, 11) is 0. The molecule has 0 amide bonds. The van der Waals surface area contributed by atoms with Crippen LogP contribution in [0.1, 0.15) is 32.6 Å². The summed E-state index contributed by atoms with van der Waals surface area (Å²) in [5, 5.41) is 0.864. The molecular weight excluding hydrogens is 191 g/mol. The van der Waals surface area contributed by atoms with Crippen molar-refractivity contribution < 1.29 is 0 Å². The Labute approximate surface area is 84.2 Å². The molecule has 0 aromatic rings. The molecule has 1 rings (SSSR count). The average molecular weight is 205 g/mol. The summed E-state index contributed by atoms with van der Waals surface area (Å²) >= 11 is 12.2. The quantitative estimate of drug-likeness (QED) is 0.604. The van der Waals surface area contributed by atoms with Gasteiger partial charge in [0.2, 0.25) is 0 Å². The van der Waals surface area contributed by atoms with E-state index in [1.165, 1.54) is 6.42 Å². The normalized spacial score (nSPS) is 28.8. The molecule has 0 aliphatic heterocycles. The van der Waals surface area contributed by atoms with E-state index in [2.05, 4.69) is 13.0 Å². The minimum Gasteiger partial charge on any atom is -0.114 e. The summed E-state index contributed by atoms with van der Waals surface area (Å²) in [6.07, 6.45) is 10.1. The van der Waals surface area contributed by atoms with Gasteiger partial charge >= 0.3 is 0 Å². The predicted molar refractivity (Wildman–Crippen MR) is 55.8 cm³/mol. The molecule has 0 aromatic carbocycles. The van der Waals surface area contributed by atoms with E-state index in [9.17, 15) is 0 Å². The van der Waals surface area contributed by atoms with Crippen molar-refractivity contribution >= 4 is 23.2 Å². The first-order valence-electron chi connectivity index (χ1n) is 4.39. The lowest BCUT2D eigenvalue weighted by Crippen LogP contribution is -2.19. The standard InChI is InChI=1S/C10H14Cl2/c1-2-3-6-10(12)7-4-5-9(11)8-10/h4-5,7H,2-3,6,8H2,1H3. The minimum absolute atomic E-state index is 0.207. The van der Waals surface area contributed by atoms with Gasteiger partial charge in [0, 0.05) is 11.5 Å². The van der Waals surface area contributed by atoms with Crippen molar-refractivity contribution in [2.24, 2.45) is 0 Å². The number of alkyl halides is 1. The summed E-state index contributed by atoms with van der Waals surface area (Å²) in [6, 6.07) is 0. The Balaban J connectivity index is 2.51. The molecule has 0 nitrogen and oxygen atoms in total. The minimum atomic E-state index is -0.207. The largest absolute Gasteiger partial charge is 0.114 e. The molecule has 0 radical (unpaired) electrons. The Hall–Kier alpha value is 0.0600. The molecule has 1 atom stereocenters. The summed E-state index contributed by atoms with van der Waals surface area (Å²) in [6.45, 7) is 2.17. The Bertz CT molecular complexity index is 206. The van der Waals surface area contributed by atoms with Crippen LogP contribution >= 0.6 is 23.2 Å². The second-order valence-electron chi connectivity index (χ2n) is 3.29. The lowest BCUT2D eigenvalue weighted by molar-refractivity contribution is 0.586. The molecule has 68 valence electrons. The third-order valence-corrected chi connectivity index (χ3v) is 2.79. The number of hydrogen-bond donors (Lipinski definition) is 0. The van der Waals surface area contributed by atoms with Crippen LogP contribution < -0.4 is 0 Å². The highest BCUT2D eigenvalue weighted by molar-refractivity contribution is 6.32. The van der Waals surface area contributed by atoms with E-state index >= 15 is 0 Å². The van der Waals surface area contributed by atoms with Crippen molar-refractivity contribution in [2.45, 2.75) is 37.5 Å². The Morgan fingerprint density at radius 2 is 2.33 bits per heavy atom. The molecule has 0 N–H and O–H groups in total. The van der Waals surface area contributed by atoms with Gasteiger partial charge in [-0.15, -0.1) is 11.6 Å². The number of halogens is 2. The van der Waals surface area contributed by atoms with Crippen molar-refractivity contribution in [3.05, 3.63) is 23.3 Å². The molecule has 0 spiro atoms. The summed E-state index contributed by atoms with van der Waals surface area (Å²) < 4.78 is 0. The van der Waals surface area contributed by atoms with E-state index in [0.29, 0.717) is 0 Å². The van der Waals surface area contributed by atoms with Crippen molar-refractivity contribution in [3.63, 3.8) is 0 Å². The van der Waals surface area contributed by atoms with Gasteiger partial charge in [-0.25, -0.2) is 0 Å². The van der Waals surface area contributed by atoms with Gasteiger partial charge in [-0.1, -0.05) is 43.5 Å². The second-order valence-corrected chi connectivity index (χ2v) is 4.53. The van der Waals surface area contributed by atoms with Gasteiger partial charge in [-0.05, 0) is 12.5 Å². The molecule has 12 heavy (non-hydrogen) atoms. The summed E-state index contributed by atoms with van der Waals surface area (Å²) in [5.74, 6) is 0. The molecular formula is C10H14Cl2. The topological polar surface area (TPSA) is 0 Å². The van der Waals surface area contributed by atoms with Gasteiger partial charge in [-0.3, -0.25) is 0 Å². The fourth-order valence-electron chi connectivity index (χ4n) is 1.37. The molecule has 0 bridgehead atoms. The van der Waals surface area contributed by atoms with E-state index in [1.54, 1.807) is 0 Å². The lowest BCUT2D eigenvalue weighted by atomic mass is 9.94. The first-order valence-corrected chi connectivity index (χ1v) is 5.15. The number of allylic oxidation sites excluding steroid dienone is 4. The maximum Gasteiger partial charge on any atom is 0.0677 e. The highest BCUT2D eigenvalue weighted by Crippen LogP contribution is 2.35. The van der Waals surface area contributed by atoms with Crippen LogP contribution in [0.15, 0.2) is 23.3 Å². The van der Waals surface area contributed by atoms with E-state index in [4.69, 9.17) is 23.2 Å². The molecule has 0 saturated heterocycles. The fourth-order valence-corrected chi connectivity index (χ4v) is 2.10. The number of hydrogen-bond acceptors (Lipinski definition) is 0. The molecule has 0 fully saturated rings. The van der Waals surface area contributed by atoms with Crippen molar-refractivity contribution in [2.75, 3.05) is 0 Å². The van der Waals surface area contributed by atoms with Crippen molar-refractivity contribution in [1.29, 1.82) is 0 Å². The maximum absolute atomic E-state index is 6.34. The second kappa shape index (κ2) is 4.34. The zero-order chi connectivity index (χ0) is 9.03. The Morgan fingerprint density at radius 1 is 1.58 bits per heavy atom. The lowest BCUT2D eigenvalue weighted by Gasteiger charge is -2.25. The zero-order valence-corrected chi connectivity index (χ0v) is 8.83. The Morgan fingerprint density at radius 3 is 2.92 bits per heavy atom. The number of unbranched alkanes of at least 4 members (excludes halogenated alkanes) is 1. The van der Waals surface area contributed by atoms with E-state index in [-0.39, 0.29) is 4.87 Å². The first kappa shape index (κ1) is 10.1. The van der Waals surface area contributed by atoms with Gasteiger partial charge in [0.15, 0.2) is 0 Å². The van der Waals surface area contributed by atoms with Crippen molar-refractivity contribution in [1.82, 2.24) is 0 Å².